The monoisotopic (exact) mass is 295 g/mol. The number of carbonyl (C=O) groups excluding carboxylic acids is 1. The van der Waals surface area contributed by atoms with Gasteiger partial charge in [0.2, 0.25) is 6.41 Å². The lowest BCUT2D eigenvalue weighted by molar-refractivity contribution is -0.122. The minimum atomic E-state index is -1.54. The van der Waals surface area contributed by atoms with E-state index < -0.39 is 13.1 Å². The van der Waals surface area contributed by atoms with Crippen LogP contribution in [0.25, 0.3) is 0 Å². The normalized spacial score (nSPS) is 29.4. The molecule has 0 spiro atoms. The summed E-state index contributed by atoms with van der Waals surface area (Å²) in [7, 11) is -1.54. The number of hydrogen-bond donors (Lipinski definition) is 2. The second-order valence-corrected chi connectivity index (χ2v) is 6.33. The quantitative estimate of drug-likeness (QED) is 0.590. The number of amides is 1. The molecule has 108 valence electrons. The Labute approximate surface area is 122 Å². The Morgan fingerprint density at radius 2 is 2.40 bits per heavy atom. The molecule has 0 unspecified atom stereocenters. The van der Waals surface area contributed by atoms with E-state index in [0.717, 1.165) is 31.2 Å². The van der Waals surface area contributed by atoms with Gasteiger partial charge in [0.25, 0.3) is 0 Å². The van der Waals surface area contributed by atoms with Gasteiger partial charge in [-0.15, -0.1) is 0 Å². The van der Waals surface area contributed by atoms with Crippen molar-refractivity contribution in [3.05, 3.63) is 22.4 Å². The van der Waals surface area contributed by atoms with Gasteiger partial charge in [-0.1, -0.05) is 0 Å². The zero-order valence-electron chi connectivity index (χ0n) is 11.1. The van der Waals surface area contributed by atoms with Gasteiger partial charge in [0, 0.05) is 0 Å². The van der Waals surface area contributed by atoms with E-state index in [9.17, 15) is 14.8 Å². The maximum Gasteiger partial charge on any atom is 0.476 e. The fourth-order valence-electron chi connectivity index (χ4n) is 3.34. The third-order valence-corrected chi connectivity index (χ3v) is 5.06. The van der Waals surface area contributed by atoms with Gasteiger partial charge < -0.3 is 19.7 Å². The van der Waals surface area contributed by atoms with Crippen molar-refractivity contribution in [3.8, 4) is 0 Å². The summed E-state index contributed by atoms with van der Waals surface area (Å²) in [5, 5.41) is 23.2. The molecule has 1 amide bonds. The van der Waals surface area contributed by atoms with Crippen LogP contribution in [0.1, 0.15) is 24.8 Å². The molecule has 5 nitrogen and oxygen atoms in total. The molecule has 2 aliphatic heterocycles. The van der Waals surface area contributed by atoms with Crippen LogP contribution in [0.2, 0.25) is 0 Å². The first-order valence-corrected chi connectivity index (χ1v) is 7.88. The average molecular weight is 295 g/mol. The van der Waals surface area contributed by atoms with E-state index in [2.05, 4.69) is 0 Å². The molecule has 1 aromatic rings. The number of carbonyl (C=O) groups is 1. The molecule has 0 aromatic carbocycles. The zero-order chi connectivity index (χ0) is 14.1. The highest BCUT2D eigenvalue weighted by atomic mass is 32.1. The van der Waals surface area contributed by atoms with Crippen LogP contribution in [-0.2, 0) is 16.0 Å². The van der Waals surface area contributed by atoms with Crippen molar-refractivity contribution in [3.63, 3.8) is 0 Å². The van der Waals surface area contributed by atoms with Gasteiger partial charge in [-0.25, -0.2) is 0 Å². The van der Waals surface area contributed by atoms with Crippen molar-refractivity contribution >= 4 is 24.9 Å². The fourth-order valence-corrected chi connectivity index (χ4v) is 4.02. The molecule has 7 heteroatoms. The maximum absolute atomic E-state index is 11.5. The summed E-state index contributed by atoms with van der Waals surface area (Å²) in [5.74, 6) is -0.616. The molecule has 3 rings (SSSR count). The third-order valence-electron chi connectivity index (χ3n) is 4.33. The summed E-state index contributed by atoms with van der Waals surface area (Å²) in [4.78, 5) is 13.1. The Bertz CT molecular complexity index is 455. The van der Waals surface area contributed by atoms with Gasteiger partial charge in [-0.2, -0.15) is 11.3 Å². The number of nitrogens with zero attached hydrogens (tertiary/aromatic N) is 1. The van der Waals surface area contributed by atoms with Crippen LogP contribution in [-0.4, -0.2) is 52.7 Å². The highest BCUT2D eigenvalue weighted by molar-refractivity contribution is 7.07. The first-order chi connectivity index (χ1) is 9.69. The van der Waals surface area contributed by atoms with E-state index in [1.165, 1.54) is 0 Å². The van der Waals surface area contributed by atoms with E-state index in [-0.39, 0.29) is 18.2 Å². The van der Waals surface area contributed by atoms with E-state index in [0.29, 0.717) is 6.42 Å². The van der Waals surface area contributed by atoms with Gasteiger partial charge in [-0.05, 0) is 48.1 Å². The van der Waals surface area contributed by atoms with Crippen molar-refractivity contribution in [1.82, 2.24) is 4.90 Å². The molecule has 2 saturated heterocycles. The number of thiophene rings is 1. The molecule has 20 heavy (non-hydrogen) atoms. The van der Waals surface area contributed by atoms with Crippen LogP contribution in [0.5, 0.6) is 0 Å². The van der Waals surface area contributed by atoms with Gasteiger partial charge >= 0.3 is 7.12 Å². The smallest absolute Gasteiger partial charge is 0.426 e. The molecule has 3 heterocycles. The molecule has 0 radical (unpaired) electrons. The van der Waals surface area contributed by atoms with Crippen molar-refractivity contribution in [2.45, 2.75) is 49.9 Å². The molecule has 0 saturated carbocycles. The SMILES string of the molecule is O=CN([C@@H]1C[C@H]2CC[C@@H]1O2)[C@@H](Cc1ccsc1)B(O)O. The van der Waals surface area contributed by atoms with Crippen LogP contribution in [0.4, 0.5) is 0 Å². The minimum absolute atomic E-state index is 0.0308. The summed E-state index contributed by atoms with van der Waals surface area (Å²) < 4.78 is 5.77. The first-order valence-electron chi connectivity index (χ1n) is 6.94. The van der Waals surface area contributed by atoms with Crippen molar-refractivity contribution in [1.29, 1.82) is 0 Å². The average Bonchev–Trinajstić information content (AvgIpc) is 3.15. The van der Waals surface area contributed by atoms with E-state index in [1.807, 2.05) is 16.8 Å². The standard InChI is InChI=1S/C13H18BNO4S/c16-8-15(11-6-10-1-2-12(11)19-10)13(14(17)18)5-9-3-4-20-7-9/h3-4,7-8,10-13,17-18H,1-2,5-6H2/t10-,11-,12+,13+/m1/s1. The third kappa shape index (κ3) is 2.63. The van der Waals surface area contributed by atoms with Crippen LogP contribution >= 0.6 is 11.3 Å². The fraction of sp³-hybridized carbons (Fsp3) is 0.615. The Balaban J connectivity index is 1.75. The Hall–Kier alpha value is -0.885. The highest BCUT2D eigenvalue weighted by Gasteiger charge is 2.46. The molecule has 1 aromatic heterocycles. The Morgan fingerprint density at radius 3 is 2.90 bits per heavy atom. The summed E-state index contributed by atoms with van der Waals surface area (Å²) in [6.45, 7) is 0. The number of hydrogen-bond acceptors (Lipinski definition) is 5. The van der Waals surface area contributed by atoms with Gasteiger partial charge in [0.05, 0.1) is 24.2 Å². The second kappa shape index (κ2) is 5.85. The topological polar surface area (TPSA) is 70.0 Å². The van der Waals surface area contributed by atoms with E-state index in [1.54, 1.807) is 16.2 Å². The summed E-state index contributed by atoms with van der Waals surface area (Å²) in [5.41, 5.74) is 1.02. The molecule has 0 aliphatic carbocycles. The summed E-state index contributed by atoms with van der Waals surface area (Å²) in [6, 6.07) is 1.91. The number of rotatable bonds is 6. The zero-order valence-corrected chi connectivity index (χ0v) is 11.9. The molecule has 2 fully saturated rings. The second-order valence-electron chi connectivity index (χ2n) is 5.55. The van der Waals surface area contributed by atoms with Crippen molar-refractivity contribution in [2.24, 2.45) is 0 Å². The number of ether oxygens (including phenoxy) is 1. The van der Waals surface area contributed by atoms with Gasteiger partial charge in [0.15, 0.2) is 0 Å². The lowest BCUT2D eigenvalue weighted by Crippen LogP contribution is -2.54. The summed E-state index contributed by atoms with van der Waals surface area (Å²) >= 11 is 1.56. The molecule has 2 bridgehead atoms. The Morgan fingerprint density at radius 1 is 1.55 bits per heavy atom. The molecular weight excluding hydrogens is 277 g/mol. The summed E-state index contributed by atoms with van der Waals surface area (Å²) in [6.07, 6.45) is 4.27. The molecule has 4 atom stereocenters. The lowest BCUT2D eigenvalue weighted by Gasteiger charge is -2.35. The highest BCUT2D eigenvalue weighted by Crippen LogP contribution is 2.37. The van der Waals surface area contributed by atoms with Gasteiger partial charge in [-0.3, -0.25) is 4.79 Å². The number of fused-ring (bicyclic) bond motifs is 2. The Kier molecular flexibility index (Phi) is 4.12. The first kappa shape index (κ1) is 14.1. The van der Waals surface area contributed by atoms with Crippen molar-refractivity contribution in [2.75, 3.05) is 0 Å². The van der Waals surface area contributed by atoms with Crippen LogP contribution in [0, 0.1) is 0 Å². The van der Waals surface area contributed by atoms with Crippen LogP contribution in [0.3, 0.4) is 0 Å². The minimum Gasteiger partial charge on any atom is -0.426 e. The largest absolute Gasteiger partial charge is 0.476 e. The van der Waals surface area contributed by atoms with E-state index in [4.69, 9.17) is 4.74 Å². The maximum atomic E-state index is 11.5. The van der Waals surface area contributed by atoms with Crippen molar-refractivity contribution < 1.29 is 19.6 Å². The van der Waals surface area contributed by atoms with Crippen LogP contribution in [0.15, 0.2) is 16.8 Å². The van der Waals surface area contributed by atoms with E-state index >= 15 is 0 Å². The predicted molar refractivity (Wildman–Crippen MR) is 76.2 cm³/mol. The van der Waals surface area contributed by atoms with Gasteiger partial charge in [0.1, 0.15) is 0 Å². The predicted octanol–water partition coefficient (Wildman–Crippen LogP) is 0.449. The van der Waals surface area contributed by atoms with Crippen LogP contribution < -0.4 is 0 Å². The lowest BCUT2D eigenvalue weighted by atomic mass is 9.74. The molecular formula is C13H18BNO4S. The molecule has 2 aliphatic rings. The molecule has 2 N–H and O–H groups in total.